The number of benzene rings is 2. The van der Waals surface area contributed by atoms with Crippen molar-refractivity contribution in [3.63, 3.8) is 0 Å². The molecule has 0 saturated heterocycles. The summed E-state index contributed by atoms with van der Waals surface area (Å²) in [5.41, 5.74) is 1.29. The van der Waals surface area contributed by atoms with Crippen molar-refractivity contribution < 1.29 is 13.2 Å². The highest BCUT2D eigenvalue weighted by Crippen LogP contribution is 2.29. The monoisotopic (exact) mass is 488 g/mol. The van der Waals surface area contributed by atoms with Crippen molar-refractivity contribution in [2.75, 3.05) is 45.2 Å². The summed E-state index contributed by atoms with van der Waals surface area (Å²) in [7, 11) is 0.327. The Hall–Kier alpha value is -2.33. The van der Waals surface area contributed by atoms with Gasteiger partial charge in [0.15, 0.2) is 5.13 Å². The molecular formula is C24H32N4O3S2. The van der Waals surface area contributed by atoms with Gasteiger partial charge in [-0.1, -0.05) is 37.3 Å². The Kier molecular flexibility index (Phi) is 8.58. The van der Waals surface area contributed by atoms with E-state index >= 15 is 0 Å². The van der Waals surface area contributed by atoms with E-state index < -0.39 is 10.0 Å². The van der Waals surface area contributed by atoms with E-state index in [1.165, 1.54) is 27.8 Å². The lowest BCUT2D eigenvalue weighted by Gasteiger charge is -2.23. The number of hydrogen-bond donors (Lipinski definition) is 0. The summed E-state index contributed by atoms with van der Waals surface area (Å²) in [5.74, 6) is -0.196. The van der Waals surface area contributed by atoms with Crippen molar-refractivity contribution in [2.45, 2.75) is 31.6 Å². The van der Waals surface area contributed by atoms with Crippen LogP contribution in [0.2, 0.25) is 0 Å². The first kappa shape index (κ1) is 25.3. The lowest BCUT2D eigenvalue weighted by atomic mass is 10.2. The Morgan fingerprint density at radius 1 is 0.909 bits per heavy atom. The molecule has 0 unspecified atom stereocenters. The van der Waals surface area contributed by atoms with Crippen LogP contribution in [-0.2, 0) is 10.0 Å². The smallest absolute Gasteiger partial charge is 0.260 e. The second-order valence-electron chi connectivity index (χ2n) is 8.15. The first-order valence-corrected chi connectivity index (χ1v) is 13.5. The number of carbonyl (C=O) groups excluding carboxylic acids is 1. The lowest BCUT2D eigenvalue weighted by molar-refractivity contribution is 0.0985. The van der Waals surface area contributed by atoms with E-state index in [0.717, 1.165) is 23.1 Å². The van der Waals surface area contributed by atoms with Crippen molar-refractivity contribution in [1.29, 1.82) is 0 Å². The van der Waals surface area contributed by atoms with Crippen LogP contribution in [0.3, 0.4) is 0 Å². The van der Waals surface area contributed by atoms with Crippen molar-refractivity contribution in [2.24, 2.45) is 0 Å². The molecule has 1 aromatic heterocycles. The molecule has 0 bridgehead atoms. The topological polar surface area (TPSA) is 73.8 Å². The van der Waals surface area contributed by atoms with Gasteiger partial charge in [-0.05, 0) is 63.3 Å². The molecule has 0 aliphatic rings. The first-order valence-electron chi connectivity index (χ1n) is 11.2. The Bertz CT molecular complexity index is 1130. The van der Waals surface area contributed by atoms with Crippen LogP contribution in [0.1, 0.15) is 37.0 Å². The second kappa shape index (κ2) is 11.2. The maximum atomic E-state index is 13.4. The number of amides is 1. The number of fused-ring (bicyclic) bond motifs is 1. The number of likely N-dealkylation sites (N-methyl/N-ethyl adjacent to an activating group) is 1. The third-order valence-corrected chi connectivity index (χ3v) is 8.19. The average molecular weight is 489 g/mol. The fourth-order valence-corrected chi connectivity index (χ4v) is 6.10. The van der Waals surface area contributed by atoms with Crippen LogP contribution in [0.4, 0.5) is 5.13 Å². The number of para-hydroxylation sites is 1. The van der Waals surface area contributed by atoms with Crippen LogP contribution in [-0.4, -0.2) is 68.8 Å². The highest BCUT2D eigenvalue weighted by molar-refractivity contribution is 7.89. The molecule has 3 aromatic rings. The molecule has 7 nitrogen and oxygen atoms in total. The van der Waals surface area contributed by atoms with Crippen LogP contribution in [0.15, 0.2) is 53.4 Å². The Labute approximate surface area is 200 Å². The molecule has 0 atom stereocenters. The fourth-order valence-electron chi connectivity index (χ4n) is 3.48. The van der Waals surface area contributed by atoms with E-state index in [1.807, 2.05) is 57.1 Å². The Balaban J connectivity index is 1.90. The van der Waals surface area contributed by atoms with Crippen molar-refractivity contribution in [3.05, 3.63) is 54.1 Å². The molecule has 0 aliphatic heterocycles. The molecule has 178 valence electrons. The van der Waals surface area contributed by atoms with Gasteiger partial charge in [0.25, 0.3) is 5.91 Å². The SMILES string of the molecule is CCCN(CCC)S(=O)(=O)c1ccc(C(=O)N(CCN(C)C)c2nc3ccccc3s2)cc1. The number of sulfonamides is 1. The third kappa shape index (κ3) is 5.97. The van der Waals surface area contributed by atoms with Crippen molar-refractivity contribution >= 4 is 42.6 Å². The van der Waals surface area contributed by atoms with E-state index in [1.54, 1.807) is 17.0 Å². The third-order valence-electron chi connectivity index (χ3n) is 5.21. The first-order chi connectivity index (χ1) is 15.8. The lowest BCUT2D eigenvalue weighted by Crippen LogP contribution is -2.36. The number of nitrogens with zero attached hydrogens (tertiary/aromatic N) is 4. The zero-order chi connectivity index (χ0) is 24.0. The van der Waals surface area contributed by atoms with Crippen LogP contribution in [0.5, 0.6) is 0 Å². The van der Waals surface area contributed by atoms with Gasteiger partial charge in [0.05, 0.1) is 15.1 Å². The summed E-state index contributed by atoms with van der Waals surface area (Å²) in [4.78, 5) is 22.0. The quantitative estimate of drug-likeness (QED) is 0.402. The number of rotatable bonds is 11. The summed E-state index contributed by atoms with van der Waals surface area (Å²) in [6.45, 7) is 6.04. The van der Waals surface area contributed by atoms with Gasteiger partial charge >= 0.3 is 0 Å². The molecule has 1 heterocycles. The van der Waals surface area contributed by atoms with Gasteiger partial charge < -0.3 is 4.90 Å². The molecule has 0 aliphatic carbocycles. The second-order valence-corrected chi connectivity index (χ2v) is 11.1. The average Bonchev–Trinajstić information content (AvgIpc) is 3.22. The van der Waals surface area contributed by atoms with E-state index in [9.17, 15) is 13.2 Å². The van der Waals surface area contributed by atoms with Crippen molar-refractivity contribution in [3.8, 4) is 0 Å². The minimum absolute atomic E-state index is 0.196. The Morgan fingerprint density at radius 3 is 2.12 bits per heavy atom. The predicted molar refractivity (Wildman–Crippen MR) is 136 cm³/mol. The summed E-state index contributed by atoms with van der Waals surface area (Å²) >= 11 is 1.48. The Morgan fingerprint density at radius 2 is 1.55 bits per heavy atom. The van der Waals surface area contributed by atoms with Gasteiger partial charge in [0.2, 0.25) is 10.0 Å². The normalized spacial score (nSPS) is 12.1. The van der Waals surface area contributed by atoms with Gasteiger partial charge in [-0.15, -0.1) is 0 Å². The van der Waals surface area contributed by atoms with E-state index in [2.05, 4.69) is 4.98 Å². The van der Waals surface area contributed by atoms with Gasteiger partial charge in [0.1, 0.15) is 0 Å². The maximum absolute atomic E-state index is 13.4. The van der Waals surface area contributed by atoms with Gasteiger partial charge in [-0.3, -0.25) is 9.69 Å². The maximum Gasteiger partial charge on any atom is 0.260 e. The summed E-state index contributed by atoms with van der Waals surface area (Å²) < 4.78 is 28.6. The molecule has 9 heteroatoms. The van der Waals surface area contributed by atoms with E-state index in [-0.39, 0.29) is 10.8 Å². The van der Waals surface area contributed by atoms with E-state index in [4.69, 9.17) is 0 Å². The molecular weight excluding hydrogens is 456 g/mol. The van der Waals surface area contributed by atoms with Crippen molar-refractivity contribution in [1.82, 2.24) is 14.2 Å². The standard InChI is InChI=1S/C24H32N4O3S2/c1-5-15-27(16-6-2)33(30,31)20-13-11-19(12-14-20)23(29)28(18-17-26(3)4)24-25-21-9-7-8-10-22(21)32-24/h7-14H,5-6,15-18H2,1-4H3. The predicted octanol–water partition coefficient (Wildman–Crippen LogP) is 4.32. The van der Waals surface area contributed by atoms with E-state index in [0.29, 0.717) is 36.9 Å². The fraction of sp³-hybridized carbons (Fsp3) is 0.417. The molecule has 0 saturated carbocycles. The minimum atomic E-state index is -3.59. The summed E-state index contributed by atoms with van der Waals surface area (Å²) in [6.07, 6.45) is 1.50. The largest absolute Gasteiger partial charge is 0.308 e. The minimum Gasteiger partial charge on any atom is -0.308 e. The number of thiazole rings is 1. The molecule has 0 fully saturated rings. The molecule has 1 amide bonds. The van der Waals surface area contributed by atoms with Crippen LogP contribution < -0.4 is 4.90 Å². The summed E-state index contributed by atoms with van der Waals surface area (Å²) in [5, 5.41) is 0.636. The van der Waals surface area contributed by atoms with Crippen LogP contribution in [0.25, 0.3) is 10.2 Å². The van der Waals surface area contributed by atoms with Crippen LogP contribution >= 0.6 is 11.3 Å². The van der Waals surface area contributed by atoms with Gasteiger partial charge in [-0.2, -0.15) is 4.31 Å². The number of anilines is 1. The van der Waals surface area contributed by atoms with Crippen LogP contribution in [0, 0.1) is 0 Å². The number of carbonyl (C=O) groups is 1. The molecule has 33 heavy (non-hydrogen) atoms. The molecule has 2 aromatic carbocycles. The highest BCUT2D eigenvalue weighted by Gasteiger charge is 2.25. The molecule has 0 radical (unpaired) electrons. The highest BCUT2D eigenvalue weighted by atomic mass is 32.2. The van der Waals surface area contributed by atoms with Gasteiger partial charge in [0, 0.05) is 31.7 Å². The molecule has 0 spiro atoms. The number of aromatic nitrogens is 1. The zero-order valence-corrected chi connectivity index (χ0v) is 21.3. The molecule has 3 rings (SSSR count). The molecule has 0 N–H and O–H groups in total. The van der Waals surface area contributed by atoms with Gasteiger partial charge in [-0.25, -0.2) is 13.4 Å². The zero-order valence-electron chi connectivity index (χ0n) is 19.7. The number of hydrogen-bond acceptors (Lipinski definition) is 6. The summed E-state index contributed by atoms with van der Waals surface area (Å²) in [6, 6.07) is 14.1.